The highest BCUT2D eigenvalue weighted by molar-refractivity contribution is 7.90. The molecule has 0 aromatic carbocycles. The number of hydrogen-bond acceptors (Lipinski definition) is 7. The molecule has 1 aromatic heterocycles. The minimum absolute atomic E-state index is 0.0199. The number of nitrogens with zero attached hydrogens (tertiary/aromatic N) is 1. The van der Waals surface area contributed by atoms with Gasteiger partial charge in [-0.05, 0) is 31.7 Å². The van der Waals surface area contributed by atoms with Gasteiger partial charge in [0, 0.05) is 24.4 Å². The monoisotopic (exact) mass is 442 g/mol. The summed E-state index contributed by atoms with van der Waals surface area (Å²) in [5.74, 6) is -1.30. The fourth-order valence-electron chi connectivity index (χ4n) is 3.79. The maximum atomic E-state index is 12.9. The van der Waals surface area contributed by atoms with E-state index >= 15 is 0 Å². The summed E-state index contributed by atoms with van der Waals surface area (Å²) in [6, 6.07) is 0. The van der Waals surface area contributed by atoms with Crippen LogP contribution in [0.2, 0.25) is 0 Å². The van der Waals surface area contributed by atoms with E-state index in [2.05, 4.69) is 5.32 Å². The Morgan fingerprint density at radius 1 is 1.28 bits per heavy atom. The van der Waals surface area contributed by atoms with Gasteiger partial charge in [-0.3, -0.25) is 9.59 Å². The molecule has 1 unspecified atom stereocenters. The Balaban J connectivity index is 1.84. The lowest BCUT2D eigenvalue weighted by atomic mass is 9.96. The summed E-state index contributed by atoms with van der Waals surface area (Å²) in [5.41, 5.74) is 0.928. The Hall–Kier alpha value is -1.94. The SMILES string of the molecule is CCOC(=O)c1c(NC(=O)C2CCCN(C(=O)CC)C2)sc2c1CCS(=O)(=O)C2. The van der Waals surface area contributed by atoms with Gasteiger partial charge in [-0.15, -0.1) is 11.3 Å². The fraction of sp³-hybridized carbons (Fsp3) is 0.632. The number of esters is 1. The standard InChI is InChI=1S/C19H26N2O6S2/c1-3-15(22)21-8-5-6-12(10-21)17(23)20-18-16(19(24)27-4-2)13-7-9-29(25,26)11-14(13)28-18/h12H,3-11H2,1-2H3,(H,20,23). The van der Waals surface area contributed by atoms with Crippen LogP contribution in [0.5, 0.6) is 0 Å². The minimum Gasteiger partial charge on any atom is -0.462 e. The molecule has 0 aliphatic carbocycles. The second-order valence-corrected chi connectivity index (χ2v) is 10.6. The molecule has 2 aliphatic rings. The largest absolute Gasteiger partial charge is 0.462 e. The lowest BCUT2D eigenvalue weighted by Gasteiger charge is -2.31. The van der Waals surface area contributed by atoms with E-state index in [0.29, 0.717) is 41.4 Å². The molecule has 8 nitrogen and oxygen atoms in total. The Morgan fingerprint density at radius 3 is 2.72 bits per heavy atom. The Kier molecular flexibility index (Phi) is 6.62. The van der Waals surface area contributed by atoms with E-state index in [4.69, 9.17) is 4.74 Å². The van der Waals surface area contributed by atoms with Crippen molar-refractivity contribution in [3.63, 3.8) is 0 Å². The number of nitrogens with one attached hydrogen (secondary N) is 1. The zero-order valence-electron chi connectivity index (χ0n) is 16.7. The zero-order chi connectivity index (χ0) is 21.2. The van der Waals surface area contributed by atoms with Crippen molar-refractivity contribution in [2.45, 2.75) is 45.3 Å². The quantitative estimate of drug-likeness (QED) is 0.699. The van der Waals surface area contributed by atoms with E-state index in [0.717, 1.165) is 17.8 Å². The van der Waals surface area contributed by atoms with Gasteiger partial charge in [0.15, 0.2) is 9.84 Å². The summed E-state index contributed by atoms with van der Waals surface area (Å²) in [7, 11) is -3.20. The molecule has 2 aliphatic heterocycles. The Bertz CT molecular complexity index is 921. The van der Waals surface area contributed by atoms with E-state index in [1.807, 2.05) is 0 Å². The van der Waals surface area contributed by atoms with Crippen molar-refractivity contribution in [2.75, 3.05) is 30.8 Å². The molecular weight excluding hydrogens is 416 g/mol. The van der Waals surface area contributed by atoms with Gasteiger partial charge in [0.1, 0.15) is 5.00 Å². The van der Waals surface area contributed by atoms with Crippen LogP contribution >= 0.6 is 11.3 Å². The molecule has 1 saturated heterocycles. The van der Waals surface area contributed by atoms with Crippen molar-refractivity contribution < 1.29 is 27.5 Å². The van der Waals surface area contributed by atoms with Crippen molar-refractivity contribution in [2.24, 2.45) is 5.92 Å². The van der Waals surface area contributed by atoms with Gasteiger partial charge < -0.3 is 15.0 Å². The average Bonchev–Trinajstić information content (AvgIpc) is 3.03. The maximum Gasteiger partial charge on any atom is 0.341 e. The highest BCUT2D eigenvalue weighted by Crippen LogP contribution is 2.38. The van der Waals surface area contributed by atoms with Crippen molar-refractivity contribution in [1.29, 1.82) is 0 Å². The van der Waals surface area contributed by atoms with E-state index in [-0.39, 0.29) is 47.8 Å². The number of hydrogen-bond donors (Lipinski definition) is 1. The highest BCUT2D eigenvalue weighted by atomic mass is 32.2. The first-order chi connectivity index (χ1) is 13.8. The van der Waals surface area contributed by atoms with Gasteiger partial charge in [-0.2, -0.15) is 0 Å². The molecule has 0 bridgehead atoms. The molecule has 2 amide bonds. The predicted octanol–water partition coefficient (Wildman–Crippen LogP) is 1.98. The third-order valence-electron chi connectivity index (χ3n) is 5.27. The van der Waals surface area contributed by atoms with Crippen LogP contribution in [0, 0.1) is 5.92 Å². The van der Waals surface area contributed by atoms with E-state index in [1.165, 1.54) is 0 Å². The number of thiophene rings is 1. The summed E-state index contributed by atoms with van der Waals surface area (Å²) in [4.78, 5) is 39.7. The summed E-state index contributed by atoms with van der Waals surface area (Å²) >= 11 is 1.13. The lowest BCUT2D eigenvalue weighted by molar-refractivity contribution is -0.134. The smallest absolute Gasteiger partial charge is 0.341 e. The van der Waals surface area contributed by atoms with Gasteiger partial charge in [0.05, 0.1) is 29.6 Å². The van der Waals surface area contributed by atoms with Gasteiger partial charge in [0.25, 0.3) is 0 Å². The normalized spacial score (nSPS) is 20.6. The molecule has 10 heteroatoms. The number of rotatable bonds is 5. The van der Waals surface area contributed by atoms with Gasteiger partial charge in [0.2, 0.25) is 11.8 Å². The number of sulfone groups is 1. The molecule has 3 heterocycles. The third-order valence-corrected chi connectivity index (χ3v) is 8.15. The summed E-state index contributed by atoms with van der Waals surface area (Å²) < 4.78 is 29.1. The molecule has 1 fully saturated rings. The molecule has 3 rings (SSSR count). The first kappa shape index (κ1) is 21.8. The number of piperidine rings is 1. The summed E-state index contributed by atoms with van der Waals surface area (Å²) in [6.45, 7) is 4.68. The number of fused-ring (bicyclic) bond motifs is 1. The predicted molar refractivity (Wildman–Crippen MR) is 110 cm³/mol. The van der Waals surface area contributed by atoms with Crippen LogP contribution in [0.15, 0.2) is 0 Å². The highest BCUT2D eigenvalue weighted by Gasteiger charge is 2.34. The number of carbonyl (C=O) groups is 3. The molecule has 1 aromatic rings. The number of anilines is 1. The van der Waals surface area contributed by atoms with Crippen molar-refractivity contribution in [3.8, 4) is 0 Å². The number of ether oxygens (including phenoxy) is 1. The first-order valence-electron chi connectivity index (χ1n) is 9.86. The minimum atomic E-state index is -3.20. The number of likely N-dealkylation sites (tertiary alicyclic amines) is 1. The summed E-state index contributed by atoms with van der Waals surface area (Å²) in [5, 5.41) is 3.17. The first-order valence-corrected chi connectivity index (χ1v) is 12.5. The van der Waals surface area contributed by atoms with Gasteiger partial charge >= 0.3 is 5.97 Å². The van der Waals surface area contributed by atoms with Crippen LogP contribution in [-0.2, 0) is 36.3 Å². The van der Waals surface area contributed by atoms with E-state index in [9.17, 15) is 22.8 Å². The van der Waals surface area contributed by atoms with Crippen LogP contribution in [0.4, 0.5) is 5.00 Å². The summed E-state index contributed by atoms with van der Waals surface area (Å²) in [6.07, 6.45) is 2.04. The van der Waals surface area contributed by atoms with Crippen LogP contribution in [0.3, 0.4) is 0 Å². The average molecular weight is 443 g/mol. The fourth-order valence-corrected chi connectivity index (χ4v) is 6.83. The molecule has 0 spiro atoms. The molecule has 0 saturated carbocycles. The molecule has 1 N–H and O–H groups in total. The zero-order valence-corrected chi connectivity index (χ0v) is 18.3. The van der Waals surface area contributed by atoms with Crippen LogP contribution < -0.4 is 5.32 Å². The van der Waals surface area contributed by atoms with Gasteiger partial charge in [-0.25, -0.2) is 13.2 Å². The maximum absolute atomic E-state index is 12.9. The van der Waals surface area contributed by atoms with Gasteiger partial charge in [-0.1, -0.05) is 6.92 Å². The van der Waals surface area contributed by atoms with Crippen molar-refractivity contribution >= 4 is 44.0 Å². The second kappa shape index (κ2) is 8.83. The lowest BCUT2D eigenvalue weighted by Crippen LogP contribution is -2.43. The van der Waals surface area contributed by atoms with Crippen LogP contribution in [0.1, 0.15) is 53.9 Å². The van der Waals surface area contributed by atoms with Crippen LogP contribution in [0.25, 0.3) is 0 Å². The Morgan fingerprint density at radius 2 is 2.03 bits per heavy atom. The molecule has 29 heavy (non-hydrogen) atoms. The van der Waals surface area contributed by atoms with E-state index < -0.39 is 15.8 Å². The van der Waals surface area contributed by atoms with Crippen molar-refractivity contribution in [1.82, 2.24) is 4.90 Å². The van der Waals surface area contributed by atoms with Crippen LogP contribution in [-0.4, -0.2) is 56.6 Å². The topological polar surface area (TPSA) is 110 Å². The molecule has 160 valence electrons. The second-order valence-electron chi connectivity index (χ2n) is 7.29. The molecular formula is C19H26N2O6S2. The van der Waals surface area contributed by atoms with E-state index in [1.54, 1.807) is 18.7 Å². The number of carbonyl (C=O) groups excluding carboxylic acids is 3. The Labute approximate surface area is 174 Å². The number of amides is 2. The molecule has 1 atom stereocenters. The molecule has 0 radical (unpaired) electrons. The third kappa shape index (κ3) is 4.80. The van der Waals surface area contributed by atoms with Crippen molar-refractivity contribution in [3.05, 3.63) is 16.0 Å².